The fourth-order valence-corrected chi connectivity index (χ4v) is 1.90. The molecule has 0 aliphatic rings. The molecule has 1 aromatic carbocycles. The molecule has 1 heterocycles. The third-order valence-corrected chi connectivity index (χ3v) is 3.39. The summed E-state index contributed by atoms with van der Waals surface area (Å²) in [7, 11) is 0. The fraction of sp³-hybridized carbons (Fsp3) is 0.286. The molecule has 0 aliphatic carbocycles. The summed E-state index contributed by atoms with van der Waals surface area (Å²) in [5.41, 5.74) is 2.75. The minimum absolute atomic E-state index is 0.0969. The van der Waals surface area contributed by atoms with Crippen LogP contribution in [0.5, 0.6) is 0 Å². The second-order valence-electron chi connectivity index (χ2n) is 4.78. The van der Waals surface area contributed by atoms with Gasteiger partial charge in [0.05, 0.1) is 6.04 Å². The second-order valence-corrected chi connectivity index (χ2v) is 4.78. The number of hydrogen-bond acceptors (Lipinski definition) is 4. The van der Waals surface area contributed by atoms with E-state index in [4.69, 9.17) is 0 Å². The molecule has 0 saturated carbocycles. The number of aryl methyl sites for hydroxylation is 2. The molecule has 0 fully saturated rings. The highest BCUT2D eigenvalue weighted by molar-refractivity contribution is 5.99. The summed E-state index contributed by atoms with van der Waals surface area (Å²) in [5.74, 6) is -0.356. The molecule has 6 nitrogen and oxygen atoms in total. The highest BCUT2D eigenvalue weighted by Gasteiger charge is 2.20. The van der Waals surface area contributed by atoms with E-state index >= 15 is 0 Å². The molecule has 0 radical (unpaired) electrons. The van der Waals surface area contributed by atoms with Gasteiger partial charge in [0, 0.05) is 5.56 Å². The van der Waals surface area contributed by atoms with Gasteiger partial charge in [-0.25, -0.2) is 0 Å². The Labute approximate surface area is 116 Å². The lowest BCUT2D eigenvalue weighted by Gasteiger charge is -2.11. The van der Waals surface area contributed by atoms with Crippen LogP contribution in [0.3, 0.4) is 0 Å². The van der Waals surface area contributed by atoms with Crippen LogP contribution < -0.4 is 0 Å². The number of Topliss-reactive ketones (excluding diaryl/α,β-unsaturated/α-hetero) is 1. The van der Waals surface area contributed by atoms with Gasteiger partial charge in [0.15, 0.2) is 5.78 Å². The number of rotatable bonds is 4. The van der Waals surface area contributed by atoms with Crippen molar-refractivity contribution in [2.24, 2.45) is 0 Å². The van der Waals surface area contributed by atoms with Crippen LogP contribution in [0.15, 0.2) is 30.7 Å². The molecule has 1 aromatic heterocycles. The fourth-order valence-electron chi connectivity index (χ4n) is 1.90. The van der Waals surface area contributed by atoms with Gasteiger partial charge in [-0.2, -0.15) is 0 Å². The molecule has 0 spiro atoms. The lowest BCUT2D eigenvalue weighted by molar-refractivity contribution is -0.389. The number of hydrogen-bond donors (Lipinski definition) is 0. The Morgan fingerprint density at radius 1 is 1.35 bits per heavy atom. The molecule has 0 bridgehead atoms. The van der Waals surface area contributed by atoms with Gasteiger partial charge in [-0.15, -0.1) is 0 Å². The third-order valence-electron chi connectivity index (χ3n) is 3.39. The third kappa shape index (κ3) is 2.59. The van der Waals surface area contributed by atoms with Crippen molar-refractivity contribution in [2.45, 2.75) is 26.8 Å². The van der Waals surface area contributed by atoms with Gasteiger partial charge in [-0.3, -0.25) is 9.36 Å². The average Bonchev–Trinajstić information content (AvgIpc) is 2.90. The number of carbonyl (C=O) groups is 1. The normalized spacial score (nSPS) is 12.2. The lowest BCUT2D eigenvalue weighted by Crippen LogP contribution is -2.15. The van der Waals surface area contributed by atoms with E-state index in [1.165, 1.54) is 17.1 Å². The molecule has 104 valence electrons. The van der Waals surface area contributed by atoms with Gasteiger partial charge >= 0.3 is 5.82 Å². The van der Waals surface area contributed by atoms with E-state index in [2.05, 4.69) is 4.98 Å². The van der Waals surface area contributed by atoms with E-state index in [0.29, 0.717) is 5.56 Å². The number of aromatic nitrogens is 2. The van der Waals surface area contributed by atoms with E-state index < -0.39 is 11.0 Å². The van der Waals surface area contributed by atoms with Crippen LogP contribution in [0.1, 0.15) is 34.5 Å². The van der Waals surface area contributed by atoms with E-state index in [-0.39, 0.29) is 11.6 Å². The zero-order valence-electron chi connectivity index (χ0n) is 11.5. The summed E-state index contributed by atoms with van der Waals surface area (Å²) in [6.45, 7) is 5.62. The minimum atomic E-state index is -0.580. The Morgan fingerprint density at radius 3 is 2.60 bits per heavy atom. The summed E-state index contributed by atoms with van der Waals surface area (Å²) in [5, 5.41) is 10.6. The SMILES string of the molecule is Cc1ccc(C(=O)C(C)n2cnc([N+](=O)[O-])c2)cc1C. The van der Waals surface area contributed by atoms with Crippen molar-refractivity contribution in [2.75, 3.05) is 0 Å². The van der Waals surface area contributed by atoms with Gasteiger partial charge < -0.3 is 10.1 Å². The van der Waals surface area contributed by atoms with E-state index in [1.807, 2.05) is 26.0 Å². The van der Waals surface area contributed by atoms with E-state index in [1.54, 1.807) is 13.0 Å². The first-order chi connectivity index (χ1) is 9.40. The van der Waals surface area contributed by atoms with Crippen LogP contribution in [0.2, 0.25) is 0 Å². The van der Waals surface area contributed by atoms with Crippen LogP contribution >= 0.6 is 0 Å². The Morgan fingerprint density at radius 2 is 2.05 bits per heavy atom. The van der Waals surface area contributed by atoms with Gasteiger partial charge in [0.2, 0.25) is 6.33 Å². The number of ketones is 1. The maximum Gasteiger partial charge on any atom is 0.381 e. The smallest absolute Gasteiger partial charge is 0.358 e. The van der Waals surface area contributed by atoms with Gasteiger partial charge in [0.25, 0.3) is 0 Å². The molecule has 0 saturated heterocycles. The highest BCUT2D eigenvalue weighted by Crippen LogP contribution is 2.19. The predicted molar refractivity (Wildman–Crippen MR) is 73.8 cm³/mol. The summed E-state index contributed by atoms with van der Waals surface area (Å²) >= 11 is 0. The molecule has 1 atom stereocenters. The topological polar surface area (TPSA) is 78.0 Å². The first-order valence-corrected chi connectivity index (χ1v) is 6.19. The maximum absolute atomic E-state index is 12.4. The molecular weight excluding hydrogens is 258 g/mol. The number of carbonyl (C=O) groups excluding carboxylic acids is 1. The van der Waals surface area contributed by atoms with Crippen molar-refractivity contribution in [3.8, 4) is 0 Å². The summed E-state index contributed by atoms with van der Waals surface area (Å²) in [6, 6.07) is 4.97. The Hall–Kier alpha value is -2.50. The van der Waals surface area contributed by atoms with Crippen molar-refractivity contribution in [1.29, 1.82) is 0 Å². The molecule has 20 heavy (non-hydrogen) atoms. The zero-order chi connectivity index (χ0) is 14.9. The van der Waals surface area contributed by atoms with Gasteiger partial charge in [-0.05, 0) is 47.9 Å². The Balaban J connectivity index is 2.27. The number of nitrogens with zero attached hydrogens (tertiary/aromatic N) is 3. The predicted octanol–water partition coefficient (Wildman–Crippen LogP) is 2.85. The molecule has 0 N–H and O–H groups in total. The van der Waals surface area contributed by atoms with Crippen LogP contribution in [0, 0.1) is 24.0 Å². The number of benzene rings is 1. The summed E-state index contributed by atoms with van der Waals surface area (Å²) < 4.78 is 1.45. The second kappa shape index (κ2) is 5.24. The lowest BCUT2D eigenvalue weighted by atomic mass is 10.0. The van der Waals surface area contributed by atoms with Crippen molar-refractivity contribution in [1.82, 2.24) is 9.55 Å². The Bertz CT molecular complexity index is 676. The van der Waals surface area contributed by atoms with Crippen molar-refractivity contribution >= 4 is 11.6 Å². The molecule has 0 amide bonds. The van der Waals surface area contributed by atoms with Crippen LogP contribution in [-0.4, -0.2) is 20.3 Å². The Kier molecular flexibility index (Phi) is 3.65. The zero-order valence-corrected chi connectivity index (χ0v) is 11.5. The average molecular weight is 273 g/mol. The number of imidazole rings is 1. The molecule has 2 rings (SSSR count). The molecular formula is C14H15N3O3. The monoisotopic (exact) mass is 273 g/mol. The highest BCUT2D eigenvalue weighted by atomic mass is 16.6. The summed E-state index contributed by atoms with van der Waals surface area (Å²) in [6.07, 6.45) is 2.57. The van der Waals surface area contributed by atoms with Crippen molar-refractivity contribution in [3.63, 3.8) is 0 Å². The molecule has 2 aromatic rings. The first-order valence-electron chi connectivity index (χ1n) is 6.19. The van der Waals surface area contributed by atoms with Gasteiger partial charge in [-0.1, -0.05) is 12.1 Å². The quantitative estimate of drug-likeness (QED) is 0.487. The first kappa shape index (κ1) is 13.9. The molecule has 1 unspecified atom stereocenters. The van der Waals surface area contributed by atoms with Crippen molar-refractivity contribution < 1.29 is 9.72 Å². The standard InChI is InChI=1S/C14H15N3O3/c1-9-4-5-12(6-10(9)2)14(18)11(3)16-7-13(15-8-16)17(19)20/h4-8,11H,1-3H3. The van der Waals surface area contributed by atoms with E-state index in [9.17, 15) is 14.9 Å². The van der Waals surface area contributed by atoms with E-state index in [0.717, 1.165) is 11.1 Å². The van der Waals surface area contributed by atoms with Crippen LogP contribution in [0.4, 0.5) is 5.82 Å². The minimum Gasteiger partial charge on any atom is -0.358 e. The van der Waals surface area contributed by atoms with Gasteiger partial charge in [0.1, 0.15) is 6.20 Å². The van der Waals surface area contributed by atoms with Crippen molar-refractivity contribution in [3.05, 3.63) is 57.5 Å². The molecule has 0 aliphatic heterocycles. The maximum atomic E-state index is 12.4. The summed E-state index contributed by atoms with van der Waals surface area (Å²) in [4.78, 5) is 26.0. The molecule has 6 heteroatoms. The largest absolute Gasteiger partial charge is 0.381 e. The van der Waals surface area contributed by atoms with Crippen LogP contribution in [0.25, 0.3) is 0 Å². The van der Waals surface area contributed by atoms with Crippen LogP contribution in [-0.2, 0) is 0 Å². The number of nitro groups is 1.